The van der Waals surface area contributed by atoms with E-state index < -0.39 is 0 Å². The highest BCUT2D eigenvalue weighted by Gasteiger charge is 2.02. The van der Waals surface area contributed by atoms with E-state index in [1.54, 1.807) is 12.7 Å². The van der Waals surface area contributed by atoms with Gasteiger partial charge in [-0.05, 0) is 23.3 Å². The summed E-state index contributed by atoms with van der Waals surface area (Å²) in [6.07, 6.45) is 6.78. The van der Waals surface area contributed by atoms with E-state index in [9.17, 15) is 0 Å². The lowest BCUT2D eigenvalue weighted by Gasteiger charge is -2.04. The molecule has 0 saturated carbocycles. The topological polar surface area (TPSA) is 51.6 Å². The maximum atomic E-state index is 4.29. The van der Waals surface area contributed by atoms with Crippen molar-refractivity contribution < 1.29 is 0 Å². The van der Waals surface area contributed by atoms with Gasteiger partial charge in [0.15, 0.2) is 0 Å². The average molecular weight is 258 g/mol. The SMILES string of the molecule is c1ncc2ccc(-c3ccc4cncnc4c3)cc2n1. The Morgan fingerprint density at radius 2 is 1.10 bits per heavy atom. The van der Waals surface area contributed by atoms with Gasteiger partial charge in [0.25, 0.3) is 0 Å². The molecule has 0 radical (unpaired) electrons. The molecule has 4 nitrogen and oxygen atoms in total. The Labute approximate surface area is 115 Å². The molecule has 0 aliphatic heterocycles. The normalized spacial score (nSPS) is 11.0. The van der Waals surface area contributed by atoms with Crippen LogP contribution in [0.3, 0.4) is 0 Å². The predicted octanol–water partition coefficient (Wildman–Crippen LogP) is 3.24. The zero-order valence-electron chi connectivity index (χ0n) is 10.6. The average Bonchev–Trinajstić information content (AvgIpc) is 2.54. The summed E-state index contributed by atoms with van der Waals surface area (Å²) in [6, 6.07) is 12.4. The van der Waals surface area contributed by atoms with Crippen LogP contribution in [-0.2, 0) is 0 Å². The number of aromatic nitrogens is 4. The molecule has 0 atom stereocenters. The van der Waals surface area contributed by atoms with Crippen LogP contribution >= 0.6 is 0 Å². The molecule has 0 aliphatic rings. The molecule has 94 valence electrons. The van der Waals surface area contributed by atoms with E-state index in [1.807, 2.05) is 24.5 Å². The number of hydrogen-bond acceptors (Lipinski definition) is 4. The molecule has 4 aromatic rings. The fourth-order valence-corrected chi connectivity index (χ4v) is 2.31. The first-order chi connectivity index (χ1) is 9.90. The summed E-state index contributed by atoms with van der Waals surface area (Å²) in [6.45, 7) is 0. The van der Waals surface area contributed by atoms with Gasteiger partial charge in [-0.15, -0.1) is 0 Å². The molecule has 0 aliphatic carbocycles. The van der Waals surface area contributed by atoms with E-state index >= 15 is 0 Å². The number of rotatable bonds is 1. The van der Waals surface area contributed by atoms with Crippen LogP contribution in [0.1, 0.15) is 0 Å². The molecule has 2 heterocycles. The van der Waals surface area contributed by atoms with E-state index in [2.05, 4.69) is 44.2 Å². The molecule has 0 unspecified atom stereocenters. The third-order valence-electron chi connectivity index (χ3n) is 3.35. The lowest BCUT2D eigenvalue weighted by atomic mass is 10.0. The zero-order valence-corrected chi connectivity index (χ0v) is 10.6. The second-order valence-corrected chi connectivity index (χ2v) is 4.59. The lowest BCUT2D eigenvalue weighted by Crippen LogP contribution is -1.85. The van der Waals surface area contributed by atoms with Crippen molar-refractivity contribution >= 4 is 21.8 Å². The summed E-state index contributed by atoms with van der Waals surface area (Å²) >= 11 is 0. The van der Waals surface area contributed by atoms with Crippen LogP contribution in [0.2, 0.25) is 0 Å². The Hall–Kier alpha value is -2.88. The fraction of sp³-hybridized carbons (Fsp3) is 0. The van der Waals surface area contributed by atoms with Gasteiger partial charge in [-0.3, -0.25) is 0 Å². The Balaban J connectivity index is 1.91. The number of nitrogens with zero attached hydrogens (tertiary/aromatic N) is 4. The van der Waals surface area contributed by atoms with E-state index in [0.29, 0.717) is 0 Å². The van der Waals surface area contributed by atoms with Gasteiger partial charge < -0.3 is 0 Å². The van der Waals surface area contributed by atoms with Crippen molar-refractivity contribution in [2.45, 2.75) is 0 Å². The molecular weight excluding hydrogens is 248 g/mol. The van der Waals surface area contributed by atoms with Crippen LogP contribution in [0, 0.1) is 0 Å². The van der Waals surface area contributed by atoms with Crippen molar-refractivity contribution in [3.63, 3.8) is 0 Å². The summed E-state index contributed by atoms with van der Waals surface area (Å²) < 4.78 is 0. The van der Waals surface area contributed by atoms with Gasteiger partial charge in [0.05, 0.1) is 11.0 Å². The highest BCUT2D eigenvalue weighted by atomic mass is 14.8. The van der Waals surface area contributed by atoms with Gasteiger partial charge in [-0.1, -0.05) is 24.3 Å². The minimum Gasteiger partial charge on any atom is -0.244 e. The molecule has 20 heavy (non-hydrogen) atoms. The maximum absolute atomic E-state index is 4.29. The second kappa shape index (κ2) is 4.35. The van der Waals surface area contributed by atoms with Crippen LogP contribution in [-0.4, -0.2) is 19.9 Å². The van der Waals surface area contributed by atoms with E-state index in [-0.39, 0.29) is 0 Å². The summed E-state index contributed by atoms with van der Waals surface area (Å²) in [7, 11) is 0. The highest BCUT2D eigenvalue weighted by Crippen LogP contribution is 2.25. The van der Waals surface area contributed by atoms with Crippen molar-refractivity contribution in [2.75, 3.05) is 0 Å². The summed E-state index contributed by atoms with van der Waals surface area (Å²) in [4.78, 5) is 16.6. The smallest absolute Gasteiger partial charge is 0.116 e. The molecule has 0 N–H and O–H groups in total. The van der Waals surface area contributed by atoms with Crippen molar-refractivity contribution in [1.29, 1.82) is 0 Å². The standard InChI is InChI=1S/C16H10N4/c1-3-13-7-17-9-19-15(13)5-11(1)12-2-4-14-8-18-10-20-16(14)6-12/h1-10H. The van der Waals surface area contributed by atoms with E-state index in [4.69, 9.17) is 0 Å². The van der Waals surface area contributed by atoms with Crippen molar-refractivity contribution in [1.82, 2.24) is 19.9 Å². The number of fused-ring (bicyclic) bond motifs is 2. The van der Waals surface area contributed by atoms with Crippen molar-refractivity contribution in [3.05, 3.63) is 61.4 Å². The molecule has 4 rings (SSSR count). The van der Waals surface area contributed by atoms with Crippen LogP contribution in [0.15, 0.2) is 61.4 Å². The highest BCUT2D eigenvalue weighted by molar-refractivity contribution is 5.87. The monoisotopic (exact) mass is 258 g/mol. The van der Waals surface area contributed by atoms with Crippen LogP contribution < -0.4 is 0 Å². The molecule has 0 bridgehead atoms. The first-order valence-corrected chi connectivity index (χ1v) is 6.30. The van der Waals surface area contributed by atoms with Gasteiger partial charge in [0.1, 0.15) is 12.7 Å². The van der Waals surface area contributed by atoms with Gasteiger partial charge in [0, 0.05) is 23.2 Å². The molecule has 0 amide bonds. The number of benzene rings is 2. The molecule has 0 saturated heterocycles. The van der Waals surface area contributed by atoms with Gasteiger partial charge in [-0.2, -0.15) is 0 Å². The second-order valence-electron chi connectivity index (χ2n) is 4.59. The quantitative estimate of drug-likeness (QED) is 0.526. The maximum Gasteiger partial charge on any atom is 0.116 e. The van der Waals surface area contributed by atoms with Crippen LogP contribution in [0.25, 0.3) is 32.9 Å². The zero-order chi connectivity index (χ0) is 13.4. The van der Waals surface area contributed by atoms with Crippen LogP contribution in [0.5, 0.6) is 0 Å². The fourth-order valence-electron chi connectivity index (χ4n) is 2.31. The Morgan fingerprint density at radius 3 is 1.60 bits per heavy atom. The Kier molecular flexibility index (Phi) is 2.39. The van der Waals surface area contributed by atoms with Gasteiger partial charge >= 0.3 is 0 Å². The Bertz CT molecular complexity index is 841. The molecule has 2 aromatic heterocycles. The first kappa shape index (κ1) is 11.0. The summed E-state index contributed by atoms with van der Waals surface area (Å²) in [5.41, 5.74) is 4.13. The minimum atomic E-state index is 0.945. The molecule has 4 heteroatoms. The number of hydrogen-bond donors (Lipinski definition) is 0. The summed E-state index contributed by atoms with van der Waals surface area (Å²) in [5.74, 6) is 0. The largest absolute Gasteiger partial charge is 0.244 e. The van der Waals surface area contributed by atoms with Gasteiger partial charge in [0.2, 0.25) is 0 Å². The van der Waals surface area contributed by atoms with Gasteiger partial charge in [-0.25, -0.2) is 19.9 Å². The first-order valence-electron chi connectivity index (χ1n) is 6.30. The molecular formula is C16H10N4. The third kappa shape index (κ3) is 1.78. The summed E-state index contributed by atoms with van der Waals surface area (Å²) in [5, 5.41) is 2.08. The molecule has 0 spiro atoms. The van der Waals surface area contributed by atoms with E-state index in [1.165, 1.54) is 0 Å². The molecule has 2 aromatic carbocycles. The van der Waals surface area contributed by atoms with Crippen molar-refractivity contribution in [2.24, 2.45) is 0 Å². The predicted molar refractivity (Wildman–Crippen MR) is 78.1 cm³/mol. The Morgan fingerprint density at radius 1 is 0.600 bits per heavy atom. The minimum absolute atomic E-state index is 0.945. The lowest BCUT2D eigenvalue weighted by molar-refractivity contribution is 1.22. The van der Waals surface area contributed by atoms with Crippen LogP contribution in [0.4, 0.5) is 0 Å². The molecule has 0 fully saturated rings. The van der Waals surface area contributed by atoms with E-state index in [0.717, 1.165) is 32.9 Å². The van der Waals surface area contributed by atoms with Crippen molar-refractivity contribution in [3.8, 4) is 11.1 Å². The third-order valence-corrected chi connectivity index (χ3v) is 3.35.